The minimum absolute atomic E-state index is 0.0442. The second-order valence-electron chi connectivity index (χ2n) is 9.46. The van der Waals surface area contributed by atoms with Crippen molar-refractivity contribution in [1.29, 1.82) is 0 Å². The number of aromatic nitrogens is 3. The molecule has 1 atom stereocenters. The molecule has 2 aliphatic rings. The predicted octanol–water partition coefficient (Wildman–Crippen LogP) is 1.78. The maximum atomic E-state index is 12.1. The number of ether oxygens (including phenoxy) is 2. The fourth-order valence-electron chi connectivity index (χ4n) is 4.67. The molecule has 1 unspecified atom stereocenters. The molecule has 190 valence electrons. The quantitative estimate of drug-likeness (QED) is 0.512. The Morgan fingerprint density at radius 2 is 1.94 bits per heavy atom. The molecule has 2 aliphatic heterocycles. The zero-order valence-corrected chi connectivity index (χ0v) is 20.9. The van der Waals surface area contributed by atoms with Crippen LogP contribution < -0.4 is 15.5 Å². The van der Waals surface area contributed by atoms with Crippen LogP contribution >= 0.6 is 0 Å². The van der Waals surface area contributed by atoms with Crippen molar-refractivity contribution in [2.75, 3.05) is 76.4 Å². The Kier molecular flexibility index (Phi) is 7.26. The van der Waals surface area contributed by atoms with Crippen LogP contribution in [0.1, 0.15) is 6.92 Å². The SMILES string of the molecule is COCC(=O)N1CCN(c2ccc(-c3cc4nccnc4c(NCC4(C)CNCCO4)n3)cc2)CC1. The molecular weight excluding hydrogens is 458 g/mol. The molecule has 4 heterocycles. The highest BCUT2D eigenvalue weighted by molar-refractivity contribution is 5.88. The van der Waals surface area contributed by atoms with Gasteiger partial charge in [0.15, 0.2) is 5.82 Å². The molecule has 10 heteroatoms. The number of carbonyl (C=O) groups is 1. The zero-order valence-electron chi connectivity index (χ0n) is 20.9. The lowest BCUT2D eigenvalue weighted by Gasteiger charge is -2.36. The molecule has 2 fully saturated rings. The average molecular weight is 492 g/mol. The zero-order chi connectivity index (χ0) is 25.0. The summed E-state index contributed by atoms with van der Waals surface area (Å²) in [7, 11) is 1.55. The van der Waals surface area contributed by atoms with E-state index in [2.05, 4.69) is 56.7 Å². The summed E-state index contributed by atoms with van der Waals surface area (Å²) in [6, 6.07) is 10.4. The van der Waals surface area contributed by atoms with Crippen LogP contribution in [0.25, 0.3) is 22.3 Å². The number of amides is 1. The molecule has 2 N–H and O–H groups in total. The summed E-state index contributed by atoms with van der Waals surface area (Å²) in [5.41, 5.74) is 4.19. The summed E-state index contributed by atoms with van der Waals surface area (Å²) in [5, 5.41) is 6.85. The van der Waals surface area contributed by atoms with Gasteiger partial charge in [-0.2, -0.15) is 0 Å². The number of carbonyl (C=O) groups excluding carboxylic acids is 1. The highest BCUT2D eigenvalue weighted by atomic mass is 16.5. The van der Waals surface area contributed by atoms with Crippen molar-refractivity contribution in [1.82, 2.24) is 25.2 Å². The van der Waals surface area contributed by atoms with E-state index in [9.17, 15) is 4.79 Å². The standard InChI is InChI=1S/C26H33N7O3/c1-26(17-27-9-14-36-26)18-30-25-24-22(28-7-8-29-24)15-21(31-25)19-3-5-20(6-4-19)32-10-12-33(13-11-32)23(34)16-35-2/h3-8,15,27H,9-14,16-18H2,1-2H3,(H,30,31). The highest BCUT2D eigenvalue weighted by Crippen LogP contribution is 2.28. The van der Waals surface area contributed by atoms with Crippen LogP contribution in [0.3, 0.4) is 0 Å². The Bertz CT molecular complexity index is 1190. The number of benzene rings is 1. The topological polar surface area (TPSA) is 105 Å². The molecule has 0 radical (unpaired) electrons. The molecule has 0 spiro atoms. The van der Waals surface area contributed by atoms with Gasteiger partial charge in [-0.05, 0) is 25.1 Å². The lowest BCUT2D eigenvalue weighted by atomic mass is 10.1. The van der Waals surface area contributed by atoms with E-state index in [-0.39, 0.29) is 18.1 Å². The fourth-order valence-corrected chi connectivity index (χ4v) is 4.67. The maximum absolute atomic E-state index is 12.1. The van der Waals surface area contributed by atoms with Gasteiger partial charge in [0.05, 0.1) is 23.4 Å². The predicted molar refractivity (Wildman–Crippen MR) is 139 cm³/mol. The Hall–Kier alpha value is -3.34. The molecule has 1 amide bonds. The van der Waals surface area contributed by atoms with Crippen LogP contribution in [-0.4, -0.2) is 97.5 Å². The Morgan fingerprint density at radius 3 is 2.67 bits per heavy atom. The van der Waals surface area contributed by atoms with Gasteiger partial charge >= 0.3 is 0 Å². The fraction of sp³-hybridized carbons (Fsp3) is 0.462. The number of fused-ring (bicyclic) bond motifs is 1. The third kappa shape index (κ3) is 5.40. The van der Waals surface area contributed by atoms with Crippen molar-refractivity contribution in [3.05, 3.63) is 42.7 Å². The van der Waals surface area contributed by atoms with Gasteiger partial charge in [-0.1, -0.05) is 12.1 Å². The van der Waals surface area contributed by atoms with E-state index in [1.54, 1.807) is 19.5 Å². The number of anilines is 2. The Balaban J connectivity index is 1.32. The van der Waals surface area contributed by atoms with Crippen LogP contribution in [0.5, 0.6) is 0 Å². The van der Waals surface area contributed by atoms with Gasteiger partial charge in [-0.3, -0.25) is 9.78 Å². The second kappa shape index (κ2) is 10.7. The van der Waals surface area contributed by atoms with Crippen LogP contribution in [0, 0.1) is 0 Å². The first kappa shape index (κ1) is 24.4. The molecular formula is C26H33N7O3. The second-order valence-corrected chi connectivity index (χ2v) is 9.46. The van der Waals surface area contributed by atoms with Crippen LogP contribution in [0.2, 0.25) is 0 Å². The lowest BCUT2D eigenvalue weighted by molar-refractivity contribution is -0.135. The number of rotatable bonds is 7. The first-order valence-electron chi connectivity index (χ1n) is 12.4. The Labute approximate surface area is 211 Å². The van der Waals surface area contributed by atoms with Gasteiger partial charge in [0.25, 0.3) is 0 Å². The van der Waals surface area contributed by atoms with E-state index in [0.29, 0.717) is 32.1 Å². The van der Waals surface area contributed by atoms with Crippen molar-refractivity contribution < 1.29 is 14.3 Å². The monoisotopic (exact) mass is 491 g/mol. The maximum Gasteiger partial charge on any atom is 0.248 e. The number of piperazine rings is 1. The van der Waals surface area contributed by atoms with E-state index in [4.69, 9.17) is 14.5 Å². The normalized spacial score (nSPS) is 20.5. The first-order valence-corrected chi connectivity index (χ1v) is 12.4. The summed E-state index contributed by atoms with van der Waals surface area (Å²) >= 11 is 0. The van der Waals surface area contributed by atoms with E-state index in [0.717, 1.165) is 54.2 Å². The summed E-state index contributed by atoms with van der Waals surface area (Å²) in [6.07, 6.45) is 3.39. The highest BCUT2D eigenvalue weighted by Gasteiger charge is 2.28. The van der Waals surface area contributed by atoms with Crippen LogP contribution in [0.4, 0.5) is 11.5 Å². The summed E-state index contributed by atoms with van der Waals surface area (Å²) in [6.45, 7) is 8.16. The van der Waals surface area contributed by atoms with Crippen molar-refractivity contribution in [3.8, 4) is 11.3 Å². The van der Waals surface area contributed by atoms with Crippen LogP contribution in [0.15, 0.2) is 42.7 Å². The van der Waals surface area contributed by atoms with Gasteiger partial charge in [0, 0.05) is 76.6 Å². The summed E-state index contributed by atoms with van der Waals surface area (Å²) < 4.78 is 11.0. The lowest BCUT2D eigenvalue weighted by Crippen LogP contribution is -2.51. The summed E-state index contributed by atoms with van der Waals surface area (Å²) in [4.78, 5) is 30.2. The molecule has 36 heavy (non-hydrogen) atoms. The minimum atomic E-state index is -0.315. The van der Waals surface area contributed by atoms with Gasteiger partial charge in [-0.15, -0.1) is 0 Å². The molecule has 1 aromatic carbocycles. The van der Waals surface area contributed by atoms with Gasteiger partial charge in [-0.25, -0.2) is 9.97 Å². The number of morpholine rings is 1. The van der Waals surface area contributed by atoms with Crippen molar-refractivity contribution in [3.63, 3.8) is 0 Å². The van der Waals surface area contributed by atoms with Gasteiger partial charge < -0.3 is 29.9 Å². The van der Waals surface area contributed by atoms with E-state index in [1.165, 1.54) is 0 Å². The average Bonchev–Trinajstić information content (AvgIpc) is 2.92. The smallest absolute Gasteiger partial charge is 0.248 e. The molecule has 0 aliphatic carbocycles. The van der Waals surface area contributed by atoms with Crippen molar-refractivity contribution in [2.45, 2.75) is 12.5 Å². The van der Waals surface area contributed by atoms with E-state index in [1.807, 2.05) is 11.0 Å². The molecule has 0 bridgehead atoms. The van der Waals surface area contributed by atoms with E-state index < -0.39 is 0 Å². The van der Waals surface area contributed by atoms with Crippen molar-refractivity contribution in [2.24, 2.45) is 0 Å². The number of nitrogens with one attached hydrogen (secondary N) is 2. The molecule has 3 aromatic rings. The molecule has 0 saturated carbocycles. The van der Waals surface area contributed by atoms with Crippen LogP contribution in [-0.2, 0) is 14.3 Å². The number of nitrogens with zero attached hydrogens (tertiary/aromatic N) is 5. The van der Waals surface area contributed by atoms with Gasteiger partial charge in [0.2, 0.25) is 5.91 Å². The first-order chi connectivity index (χ1) is 17.5. The number of pyridine rings is 1. The third-order valence-corrected chi connectivity index (χ3v) is 6.74. The Morgan fingerprint density at radius 1 is 1.17 bits per heavy atom. The van der Waals surface area contributed by atoms with Gasteiger partial charge in [0.1, 0.15) is 12.1 Å². The van der Waals surface area contributed by atoms with Crippen molar-refractivity contribution >= 4 is 28.4 Å². The van der Waals surface area contributed by atoms with E-state index >= 15 is 0 Å². The number of hydrogen-bond acceptors (Lipinski definition) is 9. The largest absolute Gasteiger partial charge is 0.375 e. The molecule has 5 rings (SSSR count). The number of hydrogen-bond donors (Lipinski definition) is 2. The minimum Gasteiger partial charge on any atom is -0.375 e. The summed E-state index contributed by atoms with van der Waals surface area (Å²) in [5.74, 6) is 0.745. The molecule has 10 nitrogen and oxygen atoms in total. The molecule has 2 saturated heterocycles. The number of methoxy groups -OCH3 is 1. The third-order valence-electron chi connectivity index (χ3n) is 6.74. The molecule has 2 aromatic heterocycles.